The summed E-state index contributed by atoms with van der Waals surface area (Å²) in [5.74, 6) is 2.00. The van der Waals surface area contributed by atoms with Crippen LogP contribution in [0.3, 0.4) is 0 Å². The van der Waals surface area contributed by atoms with Gasteiger partial charge < -0.3 is 14.8 Å². The van der Waals surface area contributed by atoms with Crippen molar-refractivity contribution in [3.8, 4) is 11.5 Å². The van der Waals surface area contributed by atoms with Crippen LogP contribution in [0.5, 0.6) is 11.5 Å². The highest BCUT2D eigenvalue weighted by atomic mass is 79.9. The van der Waals surface area contributed by atoms with Crippen LogP contribution in [0.1, 0.15) is 16.8 Å². The highest BCUT2D eigenvalue weighted by molar-refractivity contribution is 9.10. The van der Waals surface area contributed by atoms with Crippen LogP contribution in [0.4, 0.5) is 11.6 Å². The first-order valence-electron chi connectivity index (χ1n) is 9.45. The molecule has 6 nitrogen and oxygen atoms in total. The van der Waals surface area contributed by atoms with Gasteiger partial charge in [0.25, 0.3) is 0 Å². The largest absolute Gasteiger partial charge is 0.497 e. The number of nitrogens with one attached hydrogen (secondary N) is 1. The molecule has 0 atom stereocenters. The van der Waals surface area contributed by atoms with Crippen LogP contribution in [-0.2, 0) is 19.5 Å². The van der Waals surface area contributed by atoms with E-state index in [9.17, 15) is 0 Å². The number of benzene rings is 2. The lowest BCUT2D eigenvalue weighted by Gasteiger charge is -2.28. The minimum atomic E-state index is 0.577. The molecule has 0 spiro atoms. The van der Waals surface area contributed by atoms with Crippen LogP contribution in [0, 0.1) is 0 Å². The van der Waals surface area contributed by atoms with Crippen molar-refractivity contribution in [3.63, 3.8) is 0 Å². The summed E-state index contributed by atoms with van der Waals surface area (Å²) in [4.78, 5) is 11.7. The van der Waals surface area contributed by atoms with Gasteiger partial charge in [-0.1, -0.05) is 28.1 Å². The first-order valence-corrected chi connectivity index (χ1v) is 10.2. The van der Waals surface area contributed by atoms with E-state index in [-0.39, 0.29) is 0 Å². The Morgan fingerprint density at radius 2 is 2.03 bits per heavy atom. The molecular weight excluding hydrogens is 432 g/mol. The van der Waals surface area contributed by atoms with Gasteiger partial charge in [0.2, 0.25) is 5.95 Å². The normalized spacial score (nSPS) is 13.6. The second-order valence-electron chi connectivity index (χ2n) is 6.95. The first kappa shape index (κ1) is 19.7. The lowest BCUT2D eigenvalue weighted by molar-refractivity contribution is 0.243. The lowest BCUT2D eigenvalue weighted by atomic mass is 10.1. The van der Waals surface area contributed by atoms with E-state index in [1.807, 2.05) is 24.4 Å². The fourth-order valence-corrected chi connectivity index (χ4v) is 3.93. The Balaban J connectivity index is 1.46. The van der Waals surface area contributed by atoms with Crippen LogP contribution >= 0.6 is 15.9 Å². The number of nitrogens with zero attached hydrogens (tertiary/aromatic N) is 3. The number of anilines is 2. The molecule has 2 heterocycles. The van der Waals surface area contributed by atoms with E-state index in [4.69, 9.17) is 14.5 Å². The molecule has 7 heteroatoms. The molecule has 3 aromatic rings. The molecule has 0 bridgehead atoms. The zero-order chi connectivity index (χ0) is 20.2. The summed E-state index contributed by atoms with van der Waals surface area (Å²) in [5, 5.41) is 3.26. The summed E-state index contributed by atoms with van der Waals surface area (Å²) in [6, 6.07) is 14.1. The monoisotopic (exact) mass is 454 g/mol. The maximum absolute atomic E-state index is 5.44. The highest BCUT2D eigenvalue weighted by Crippen LogP contribution is 2.31. The van der Waals surface area contributed by atoms with Crippen LogP contribution in [-0.4, -0.2) is 35.6 Å². The van der Waals surface area contributed by atoms with E-state index in [1.54, 1.807) is 14.2 Å². The van der Waals surface area contributed by atoms with Gasteiger partial charge in [-0.05, 0) is 29.8 Å². The average Bonchev–Trinajstić information content (AvgIpc) is 2.74. The Hall–Kier alpha value is -2.64. The number of ether oxygens (including phenoxy) is 2. The topological polar surface area (TPSA) is 59.5 Å². The third kappa shape index (κ3) is 4.68. The molecule has 0 radical (unpaired) electrons. The van der Waals surface area contributed by atoms with E-state index < -0.39 is 0 Å². The quantitative estimate of drug-likeness (QED) is 0.588. The summed E-state index contributed by atoms with van der Waals surface area (Å²) in [6.07, 6.45) is 2.83. The molecule has 1 N–H and O–H groups in total. The Morgan fingerprint density at radius 3 is 2.83 bits per heavy atom. The zero-order valence-corrected chi connectivity index (χ0v) is 18.1. The fourth-order valence-electron chi connectivity index (χ4n) is 3.49. The molecule has 0 saturated heterocycles. The molecule has 1 aliphatic rings. The van der Waals surface area contributed by atoms with Crippen molar-refractivity contribution in [2.45, 2.75) is 19.5 Å². The molecular formula is C22H23BrN4O2. The van der Waals surface area contributed by atoms with Gasteiger partial charge in [0.15, 0.2) is 0 Å². The molecule has 0 unspecified atom stereocenters. The lowest BCUT2D eigenvalue weighted by Crippen LogP contribution is -2.31. The van der Waals surface area contributed by atoms with Gasteiger partial charge >= 0.3 is 0 Å². The predicted molar refractivity (Wildman–Crippen MR) is 117 cm³/mol. The smallest absolute Gasteiger partial charge is 0.227 e. The summed E-state index contributed by atoms with van der Waals surface area (Å²) in [5.41, 5.74) is 4.38. The molecule has 0 aliphatic carbocycles. The Labute approximate surface area is 179 Å². The average molecular weight is 455 g/mol. The summed E-state index contributed by atoms with van der Waals surface area (Å²) in [7, 11) is 3.27. The van der Waals surface area contributed by atoms with Crippen molar-refractivity contribution >= 4 is 27.6 Å². The number of hydrogen-bond acceptors (Lipinski definition) is 6. The summed E-state index contributed by atoms with van der Waals surface area (Å²) in [6.45, 7) is 2.75. The third-order valence-corrected chi connectivity index (χ3v) is 5.46. The third-order valence-electron chi connectivity index (χ3n) is 4.96. The summed E-state index contributed by atoms with van der Waals surface area (Å²) < 4.78 is 11.8. The standard InChI is InChI=1S/C22H23BrN4O2/c1-28-18-6-7-20(21(11-18)29-2)26-22-24-12-16-14-27(9-8-19(16)25-22)13-15-4-3-5-17(23)10-15/h3-7,10-12H,8-9,13-14H2,1-2H3,(H,24,25,26). The van der Waals surface area contributed by atoms with Crippen LogP contribution < -0.4 is 14.8 Å². The SMILES string of the molecule is COc1ccc(Nc2ncc3c(n2)CCN(Cc2cccc(Br)c2)C3)c(OC)c1. The van der Waals surface area contributed by atoms with E-state index in [0.29, 0.717) is 11.7 Å². The maximum atomic E-state index is 5.44. The molecule has 1 aliphatic heterocycles. The number of fused-ring (bicyclic) bond motifs is 1. The molecule has 2 aromatic carbocycles. The number of methoxy groups -OCH3 is 2. The number of aromatic nitrogens is 2. The number of halogens is 1. The van der Waals surface area contributed by atoms with E-state index in [0.717, 1.165) is 47.7 Å². The fraction of sp³-hybridized carbons (Fsp3) is 0.273. The van der Waals surface area contributed by atoms with E-state index in [1.165, 1.54) is 11.1 Å². The Kier molecular flexibility index (Phi) is 5.97. The number of rotatable bonds is 6. The van der Waals surface area contributed by atoms with Crippen molar-refractivity contribution < 1.29 is 9.47 Å². The van der Waals surface area contributed by atoms with Crippen LogP contribution in [0.2, 0.25) is 0 Å². The molecule has 0 saturated carbocycles. The molecule has 150 valence electrons. The summed E-state index contributed by atoms with van der Waals surface area (Å²) >= 11 is 3.54. The van der Waals surface area contributed by atoms with Crippen molar-refractivity contribution in [1.29, 1.82) is 0 Å². The Morgan fingerprint density at radius 1 is 1.14 bits per heavy atom. The first-order chi connectivity index (χ1) is 14.1. The van der Waals surface area contributed by atoms with Gasteiger partial charge in [0.1, 0.15) is 11.5 Å². The van der Waals surface area contributed by atoms with Gasteiger partial charge in [-0.25, -0.2) is 9.97 Å². The minimum absolute atomic E-state index is 0.577. The zero-order valence-electron chi connectivity index (χ0n) is 16.5. The van der Waals surface area contributed by atoms with Gasteiger partial charge in [0, 0.05) is 48.4 Å². The number of hydrogen-bond donors (Lipinski definition) is 1. The van der Waals surface area contributed by atoms with Crippen molar-refractivity contribution in [2.24, 2.45) is 0 Å². The van der Waals surface area contributed by atoms with Crippen molar-refractivity contribution in [1.82, 2.24) is 14.9 Å². The second-order valence-corrected chi connectivity index (χ2v) is 7.86. The second kappa shape index (κ2) is 8.80. The molecule has 4 rings (SSSR count). The van der Waals surface area contributed by atoms with E-state index >= 15 is 0 Å². The van der Waals surface area contributed by atoms with Crippen molar-refractivity contribution in [3.05, 3.63) is 70.0 Å². The van der Waals surface area contributed by atoms with Crippen LogP contribution in [0.25, 0.3) is 0 Å². The van der Waals surface area contributed by atoms with E-state index in [2.05, 4.69) is 55.4 Å². The predicted octanol–water partition coefficient (Wildman–Crippen LogP) is 4.56. The van der Waals surface area contributed by atoms with Gasteiger partial charge in [-0.2, -0.15) is 0 Å². The minimum Gasteiger partial charge on any atom is -0.497 e. The van der Waals surface area contributed by atoms with Gasteiger partial charge in [-0.3, -0.25) is 4.90 Å². The molecule has 0 fully saturated rings. The van der Waals surface area contributed by atoms with Crippen molar-refractivity contribution in [2.75, 3.05) is 26.1 Å². The highest BCUT2D eigenvalue weighted by Gasteiger charge is 2.19. The maximum Gasteiger partial charge on any atom is 0.227 e. The molecule has 29 heavy (non-hydrogen) atoms. The molecule has 1 aromatic heterocycles. The Bertz CT molecular complexity index is 1010. The van der Waals surface area contributed by atoms with Gasteiger partial charge in [-0.15, -0.1) is 0 Å². The van der Waals surface area contributed by atoms with Gasteiger partial charge in [0.05, 0.1) is 25.6 Å². The van der Waals surface area contributed by atoms with Crippen LogP contribution in [0.15, 0.2) is 53.1 Å². The molecule has 0 amide bonds.